The molecule has 1 unspecified atom stereocenters. The molecule has 0 aliphatic rings. The number of aliphatic hydroxyl groups excluding tert-OH is 1. The second-order valence-corrected chi connectivity index (χ2v) is 7.05. The van der Waals surface area contributed by atoms with Gasteiger partial charge in [-0.1, -0.05) is 29.8 Å². The summed E-state index contributed by atoms with van der Waals surface area (Å²) in [6.45, 7) is 7.63. The molecule has 1 heterocycles. The van der Waals surface area contributed by atoms with Gasteiger partial charge in [-0.05, 0) is 26.8 Å². The summed E-state index contributed by atoms with van der Waals surface area (Å²) < 4.78 is 0. The fraction of sp³-hybridized carbons (Fsp3) is 0.412. The number of guanidine groups is 1. The van der Waals surface area contributed by atoms with Gasteiger partial charge in [0.25, 0.3) is 0 Å². The van der Waals surface area contributed by atoms with Gasteiger partial charge in [0.1, 0.15) is 0 Å². The second-order valence-electron chi connectivity index (χ2n) is 5.35. The lowest BCUT2D eigenvalue weighted by Gasteiger charge is -2.16. The minimum absolute atomic E-state index is 0.330. The molecule has 1 atom stereocenters. The summed E-state index contributed by atoms with van der Waals surface area (Å²) in [7, 11) is 0. The highest BCUT2D eigenvalue weighted by Gasteiger charge is 2.12. The quantitative estimate of drug-likeness (QED) is 0.542. The van der Waals surface area contributed by atoms with E-state index in [9.17, 15) is 5.11 Å². The molecule has 0 spiro atoms. The lowest BCUT2D eigenvalue weighted by Crippen LogP contribution is -2.39. The summed E-state index contributed by atoms with van der Waals surface area (Å²) in [6, 6.07) is 7.30. The number of nitrogens with one attached hydrogen (secondary N) is 2. The van der Waals surface area contributed by atoms with Gasteiger partial charge in [0.15, 0.2) is 5.96 Å². The topological polar surface area (TPSA) is 69.5 Å². The molecule has 130 valence electrons. The van der Waals surface area contributed by atoms with Crippen molar-refractivity contribution < 1.29 is 5.11 Å². The average molecular weight is 367 g/mol. The number of aromatic nitrogens is 1. The van der Waals surface area contributed by atoms with E-state index < -0.39 is 6.10 Å². The first-order valence-corrected chi connectivity index (χ1v) is 9.08. The molecule has 7 heteroatoms. The van der Waals surface area contributed by atoms with E-state index in [2.05, 4.69) is 20.6 Å². The van der Waals surface area contributed by atoms with E-state index in [1.807, 2.05) is 39.0 Å². The molecular formula is C17H23ClN4OS. The molecule has 0 fully saturated rings. The standard InChI is InChI=1S/C17H23ClN4OS/c1-4-19-17(21-10-16-11(2)22-12(3)24-16)20-9-15(23)13-7-5-6-8-14(13)18/h5-8,15,23H,4,9-10H2,1-3H3,(H2,19,20,21). The van der Waals surface area contributed by atoms with E-state index in [4.69, 9.17) is 11.6 Å². The number of hydrogen-bond acceptors (Lipinski definition) is 4. The fourth-order valence-electron chi connectivity index (χ4n) is 2.26. The predicted octanol–water partition coefficient (Wildman–Crippen LogP) is 3.20. The van der Waals surface area contributed by atoms with Gasteiger partial charge in [0, 0.05) is 28.6 Å². The van der Waals surface area contributed by atoms with Crippen LogP contribution >= 0.6 is 22.9 Å². The van der Waals surface area contributed by atoms with Crippen LogP contribution in [0.15, 0.2) is 29.3 Å². The van der Waals surface area contributed by atoms with Crippen LogP contribution in [-0.2, 0) is 6.54 Å². The molecule has 0 amide bonds. The van der Waals surface area contributed by atoms with Crippen LogP contribution in [0.5, 0.6) is 0 Å². The first-order chi connectivity index (χ1) is 11.5. The molecule has 1 aromatic heterocycles. The SMILES string of the molecule is CCNC(=NCc1sc(C)nc1C)NCC(O)c1ccccc1Cl. The Morgan fingerprint density at radius 1 is 1.33 bits per heavy atom. The smallest absolute Gasteiger partial charge is 0.191 e. The van der Waals surface area contributed by atoms with Crippen molar-refractivity contribution in [3.8, 4) is 0 Å². The van der Waals surface area contributed by atoms with Crippen LogP contribution < -0.4 is 10.6 Å². The number of nitrogens with zero attached hydrogens (tertiary/aromatic N) is 2. The van der Waals surface area contributed by atoms with Crippen molar-refractivity contribution >= 4 is 28.9 Å². The number of benzene rings is 1. The largest absolute Gasteiger partial charge is 0.387 e. The summed E-state index contributed by atoms with van der Waals surface area (Å²) in [5.41, 5.74) is 1.73. The van der Waals surface area contributed by atoms with E-state index in [-0.39, 0.29) is 0 Å². The summed E-state index contributed by atoms with van der Waals surface area (Å²) in [5.74, 6) is 0.661. The number of aryl methyl sites for hydroxylation is 2. The van der Waals surface area contributed by atoms with Crippen molar-refractivity contribution in [1.29, 1.82) is 0 Å². The molecule has 0 aliphatic carbocycles. The molecule has 0 radical (unpaired) electrons. The Morgan fingerprint density at radius 2 is 2.08 bits per heavy atom. The molecule has 2 rings (SSSR count). The van der Waals surface area contributed by atoms with Gasteiger partial charge in [0.2, 0.25) is 0 Å². The Kier molecular flexibility index (Phi) is 7.02. The highest BCUT2D eigenvalue weighted by molar-refractivity contribution is 7.11. The Bertz CT molecular complexity index is 702. The lowest BCUT2D eigenvalue weighted by atomic mass is 10.1. The Balaban J connectivity index is 1.99. The molecule has 0 saturated carbocycles. The normalized spacial score (nSPS) is 13.0. The third kappa shape index (κ3) is 5.19. The Morgan fingerprint density at radius 3 is 2.71 bits per heavy atom. The molecule has 3 N–H and O–H groups in total. The zero-order valence-electron chi connectivity index (χ0n) is 14.1. The average Bonchev–Trinajstić information content (AvgIpc) is 2.88. The van der Waals surface area contributed by atoms with Crippen LogP contribution in [0, 0.1) is 13.8 Å². The van der Waals surface area contributed by atoms with Crippen molar-refractivity contribution in [2.75, 3.05) is 13.1 Å². The molecule has 5 nitrogen and oxygen atoms in total. The summed E-state index contributed by atoms with van der Waals surface area (Å²) in [4.78, 5) is 10.1. The number of aliphatic hydroxyl groups is 1. The van der Waals surface area contributed by atoms with Gasteiger partial charge in [-0.25, -0.2) is 9.98 Å². The summed E-state index contributed by atoms with van der Waals surface area (Å²) >= 11 is 7.77. The van der Waals surface area contributed by atoms with Crippen molar-refractivity contribution in [3.63, 3.8) is 0 Å². The van der Waals surface area contributed by atoms with Crippen LogP contribution in [-0.4, -0.2) is 29.1 Å². The molecule has 24 heavy (non-hydrogen) atoms. The van der Waals surface area contributed by atoms with Gasteiger partial charge in [-0.3, -0.25) is 0 Å². The van der Waals surface area contributed by atoms with Crippen LogP contribution in [0.4, 0.5) is 0 Å². The molecular weight excluding hydrogens is 344 g/mol. The zero-order valence-corrected chi connectivity index (χ0v) is 15.7. The Hall–Kier alpha value is -1.63. The van der Waals surface area contributed by atoms with Crippen LogP contribution in [0.1, 0.15) is 34.2 Å². The predicted molar refractivity (Wildman–Crippen MR) is 101 cm³/mol. The van der Waals surface area contributed by atoms with Crippen LogP contribution in [0.25, 0.3) is 0 Å². The van der Waals surface area contributed by atoms with Crippen molar-refractivity contribution in [1.82, 2.24) is 15.6 Å². The van der Waals surface area contributed by atoms with Crippen molar-refractivity contribution in [3.05, 3.63) is 50.4 Å². The molecule has 0 saturated heterocycles. The molecule has 0 aliphatic heterocycles. The maximum Gasteiger partial charge on any atom is 0.191 e. The van der Waals surface area contributed by atoms with Crippen LogP contribution in [0.3, 0.4) is 0 Å². The maximum atomic E-state index is 10.3. The second kappa shape index (κ2) is 9.01. The maximum absolute atomic E-state index is 10.3. The Labute approximate surface area is 151 Å². The van der Waals surface area contributed by atoms with Gasteiger partial charge < -0.3 is 15.7 Å². The first kappa shape index (κ1) is 18.7. The van der Waals surface area contributed by atoms with Gasteiger partial charge in [-0.2, -0.15) is 0 Å². The highest BCUT2D eigenvalue weighted by Crippen LogP contribution is 2.22. The third-order valence-electron chi connectivity index (χ3n) is 3.45. The van der Waals surface area contributed by atoms with Crippen molar-refractivity contribution in [2.24, 2.45) is 4.99 Å². The lowest BCUT2D eigenvalue weighted by molar-refractivity contribution is 0.181. The minimum atomic E-state index is -0.699. The summed E-state index contributed by atoms with van der Waals surface area (Å²) in [5, 5.41) is 18.3. The van der Waals surface area contributed by atoms with Crippen molar-refractivity contribution in [2.45, 2.75) is 33.4 Å². The van der Waals surface area contributed by atoms with E-state index in [1.54, 1.807) is 17.4 Å². The van der Waals surface area contributed by atoms with E-state index in [1.165, 1.54) is 0 Å². The minimum Gasteiger partial charge on any atom is -0.387 e. The number of aliphatic imine (C=N–C) groups is 1. The number of thiazole rings is 1. The summed E-state index contributed by atoms with van der Waals surface area (Å²) in [6.07, 6.45) is -0.699. The molecule has 0 bridgehead atoms. The molecule has 2 aromatic rings. The first-order valence-electron chi connectivity index (χ1n) is 7.88. The number of rotatable bonds is 6. The van der Waals surface area contributed by atoms with Gasteiger partial charge in [-0.15, -0.1) is 11.3 Å². The third-order valence-corrected chi connectivity index (χ3v) is 4.85. The van der Waals surface area contributed by atoms with Gasteiger partial charge >= 0.3 is 0 Å². The monoisotopic (exact) mass is 366 g/mol. The van der Waals surface area contributed by atoms with E-state index in [0.717, 1.165) is 22.1 Å². The zero-order chi connectivity index (χ0) is 17.5. The highest BCUT2D eigenvalue weighted by atomic mass is 35.5. The van der Waals surface area contributed by atoms with Gasteiger partial charge in [0.05, 0.1) is 23.4 Å². The van der Waals surface area contributed by atoms with Crippen LogP contribution in [0.2, 0.25) is 5.02 Å². The molecule has 1 aromatic carbocycles. The number of hydrogen-bond donors (Lipinski definition) is 3. The van der Waals surface area contributed by atoms with E-state index >= 15 is 0 Å². The fourth-order valence-corrected chi connectivity index (χ4v) is 3.38. The number of halogens is 1. The van der Waals surface area contributed by atoms with E-state index in [0.29, 0.717) is 29.6 Å².